The van der Waals surface area contributed by atoms with E-state index in [-0.39, 0.29) is 11.5 Å². The van der Waals surface area contributed by atoms with Crippen LogP contribution in [-0.2, 0) is 0 Å². The zero-order valence-electron chi connectivity index (χ0n) is 7.50. The number of nitrogens with zero attached hydrogens (tertiary/aromatic N) is 1. The number of rotatable bonds is 3. The van der Waals surface area contributed by atoms with Crippen LogP contribution in [-0.4, -0.2) is 11.5 Å². The van der Waals surface area contributed by atoms with Crippen molar-refractivity contribution in [1.82, 2.24) is 0 Å². The lowest BCUT2D eigenvalue weighted by atomic mass is 9.97. The molecular weight excluding hydrogens is 154 g/mol. The third-order valence-corrected chi connectivity index (χ3v) is 2.69. The first-order chi connectivity index (χ1) is 5.79. The van der Waals surface area contributed by atoms with Crippen molar-refractivity contribution in [2.75, 3.05) is 6.54 Å². The third-order valence-electron chi connectivity index (χ3n) is 2.69. The summed E-state index contributed by atoms with van der Waals surface area (Å²) in [5, 5.41) is 10.1. The minimum atomic E-state index is -0.190. The Bertz CT molecular complexity index is 139. The summed E-state index contributed by atoms with van der Waals surface area (Å²) in [6.07, 6.45) is 8.45. The van der Waals surface area contributed by atoms with Gasteiger partial charge in [0.15, 0.2) is 0 Å². The molecule has 0 atom stereocenters. The highest BCUT2D eigenvalue weighted by Gasteiger charge is 2.13. The molecule has 0 heterocycles. The Hall–Kier alpha value is -0.600. The molecule has 1 saturated carbocycles. The van der Waals surface area contributed by atoms with Gasteiger partial charge in [0.2, 0.25) is 6.54 Å². The van der Waals surface area contributed by atoms with Gasteiger partial charge in [0.25, 0.3) is 0 Å². The van der Waals surface area contributed by atoms with Crippen LogP contribution in [0, 0.1) is 16.0 Å². The Labute approximate surface area is 73.3 Å². The van der Waals surface area contributed by atoms with Crippen LogP contribution in [0.4, 0.5) is 0 Å². The number of nitro groups is 1. The second-order valence-corrected chi connectivity index (χ2v) is 3.70. The summed E-state index contributed by atoms with van der Waals surface area (Å²) in [5.41, 5.74) is 0. The fourth-order valence-electron chi connectivity index (χ4n) is 1.94. The van der Waals surface area contributed by atoms with Gasteiger partial charge in [-0.25, -0.2) is 0 Å². The van der Waals surface area contributed by atoms with E-state index in [0.717, 1.165) is 6.42 Å². The van der Waals surface area contributed by atoms with Crippen LogP contribution < -0.4 is 0 Å². The van der Waals surface area contributed by atoms with E-state index >= 15 is 0 Å². The third kappa shape index (κ3) is 3.69. The summed E-state index contributed by atoms with van der Waals surface area (Å²) in [5.74, 6) is 0.637. The fraction of sp³-hybridized carbons (Fsp3) is 1.00. The van der Waals surface area contributed by atoms with Crippen molar-refractivity contribution in [3.63, 3.8) is 0 Å². The van der Waals surface area contributed by atoms with Crippen LogP contribution in [0.15, 0.2) is 0 Å². The van der Waals surface area contributed by atoms with Gasteiger partial charge in [-0.3, -0.25) is 10.1 Å². The van der Waals surface area contributed by atoms with Crippen LogP contribution in [0.2, 0.25) is 0 Å². The van der Waals surface area contributed by atoms with E-state index in [4.69, 9.17) is 0 Å². The molecular formula is C9H17NO2. The van der Waals surface area contributed by atoms with Gasteiger partial charge in [0.05, 0.1) is 0 Å². The van der Waals surface area contributed by atoms with Crippen molar-refractivity contribution in [3.8, 4) is 0 Å². The van der Waals surface area contributed by atoms with E-state index in [9.17, 15) is 10.1 Å². The highest BCUT2D eigenvalue weighted by atomic mass is 16.6. The molecule has 0 bridgehead atoms. The van der Waals surface area contributed by atoms with Crippen LogP contribution in [0.3, 0.4) is 0 Å². The van der Waals surface area contributed by atoms with Crippen LogP contribution >= 0.6 is 0 Å². The van der Waals surface area contributed by atoms with Gasteiger partial charge in [-0.2, -0.15) is 0 Å². The molecule has 1 aliphatic rings. The maximum Gasteiger partial charge on any atom is 0.204 e. The summed E-state index contributed by atoms with van der Waals surface area (Å²) in [7, 11) is 0. The van der Waals surface area contributed by atoms with Crippen molar-refractivity contribution < 1.29 is 4.92 Å². The quantitative estimate of drug-likeness (QED) is 0.372. The SMILES string of the molecule is O=[N+]([O-])CCC1CCCCCC1. The monoisotopic (exact) mass is 171 g/mol. The first kappa shape index (κ1) is 9.49. The first-order valence-corrected chi connectivity index (χ1v) is 4.91. The molecule has 0 aromatic heterocycles. The van der Waals surface area contributed by atoms with Gasteiger partial charge >= 0.3 is 0 Å². The lowest BCUT2D eigenvalue weighted by Gasteiger charge is -2.09. The molecule has 3 nitrogen and oxygen atoms in total. The highest BCUT2D eigenvalue weighted by Crippen LogP contribution is 2.24. The fourth-order valence-corrected chi connectivity index (χ4v) is 1.94. The zero-order valence-corrected chi connectivity index (χ0v) is 7.50. The predicted molar refractivity (Wildman–Crippen MR) is 47.7 cm³/mol. The molecule has 1 rings (SSSR count). The van der Waals surface area contributed by atoms with Crippen molar-refractivity contribution in [1.29, 1.82) is 0 Å². The molecule has 0 amide bonds. The molecule has 1 aliphatic carbocycles. The molecule has 70 valence electrons. The summed E-state index contributed by atoms with van der Waals surface area (Å²) in [6, 6.07) is 0. The van der Waals surface area contributed by atoms with E-state index < -0.39 is 0 Å². The second kappa shape index (κ2) is 5.12. The molecule has 12 heavy (non-hydrogen) atoms. The topological polar surface area (TPSA) is 43.1 Å². The first-order valence-electron chi connectivity index (χ1n) is 4.91. The maximum absolute atomic E-state index is 10.1. The average Bonchev–Trinajstić information content (AvgIpc) is 2.28. The summed E-state index contributed by atoms with van der Waals surface area (Å²) in [6.45, 7) is 0.171. The Balaban J connectivity index is 2.16. The van der Waals surface area contributed by atoms with Crippen molar-refractivity contribution in [2.24, 2.45) is 5.92 Å². The van der Waals surface area contributed by atoms with E-state index in [1.54, 1.807) is 0 Å². The number of hydrogen-bond acceptors (Lipinski definition) is 2. The van der Waals surface area contributed by atoms with Gasteiger partial charge in [0, 0.05) is 11.3 Å². The van der Waals surface area contributed by atoms with Gasteiger partial charge in [-0.1, -0.05) is 38.5 Å². The standard InChI is InChI=1S/C9H17NO2/c11-10(12)8-7-9-5-3-1-2-4-6-9/h9H,1-8H2. The molecule has 1 fully saturated rings. The molecule has 0 radical (unpaired) electrons. The lowest BCUT2D eigenvalue weighted by Crippen LogP contribution is -2.08. The predicted octanol–water partition coefficient (Wildman–Crippen LogP) is 2.62. The van der Waals surface area contributed by atoms with Gasteiger partial charge in [-0.05, 0) is 5.92 Å². The summed E-state index contributed by atoms with van der Waals surface area (Å²) in [4.78, 5) is 9.94. The van der Waals surface area contributed by atoms with Gasteiger partial charge in [-0.15, -0.1) is 0 Å². The van der Waals surface area contributed by atoms with E-state index in [0.29, 0.717) is 5.92 Å². The van der Waals surface area contributed by atoms with Crippen molar-refractivity contribution in [3.05, 3.63) is 10.1 Å². The Morgan fingerprint density at radius 3 is 2.25 bits per heavy atom. The Morgan fingerprint density at radius 2 is 1.75 bits per heavy atom. The highest BCUT2D eigenvalue weighted by molar-refractivity contribution is 4.63. The molecule has 3 heteroatoms. The van der Waals surface area contributed by atoms with Crippen molar-refractivity contribution in [2.45, 2.75) is 44.9 Å². The largest absolute Gasteiger partial charge is 0.265 e. The van der Waals surface area contributed by atoms with Crippen molar-refractivity contribution >= 4 is 0 Å². The lowest BCUT2D eigenvalue weighted by molar-refractivity contribution is -0.481. The Kier molecular flexibility index (Phi) is 4.05. The van der Waals surface area contributed by atoms with Gasteiger partial charge < -0.3 is 0 Å². The number of hydrogen-bond donors (Lipinski definition) is 0. The molecule has 0 N–H and O–H groups in total. The second-order valence-electron chi connectivity index (χ2n) is 3.70. The zero-order chi connectivity index (χ0) is 8.81. The Morgan fingerprint density at radius 1 is 1.17 bits per heavy atom. The van der Waals surface area contributed by atoms with E-state index in [2.05, 4.69) is 0 Å². The minimum absolute atomic E-state index is 0.171. The molecule has 0 spiro atoms. The molecule has 0 saturated heterocycles. The minimum Gasteiger partial charge on any atom is -0.265 e. The van der Waals surface area contributed by atoms with Crippen LogP contribution in [0.1, 0.15) is 44.9 Å². The smallest absolute Gasteiger partial charge is 0.204 e. The molecule has 0 aromatic carbocycles. The molecule has 0 aromatic rings. The molecule has 0 unspecified atom stereocenters. The van der Waals surface area contributed by atoms with E-state index in [1.165, 1.54) is 38.5 Å². The summed E-state index contributed by atoms with van der Waals surface area (Å²) >= 11 is 0. The van der Waals surface area contributed by atoms with Crippen LogP contribution in [0.5, 0.6) is 0 Å². The molecule has 0 aliphatic heterocycles. The van der Waals surface area contributed by atoms with E-state index in [1.807, 2.05) is 0 Å². The maximum atomic E-state index is 10.1. The summed E-state index contributed by atoms with van der Waals surface area (Å²) < 4.78 is 0. The average molecular weight is 171 g/mol. The normalized spacial score (nSPS) is 20.3. The van der Waals surface area contributed by atoms with Gasteiger partial charge in [0.1, 0.15) is 0 Å². The van der Waals surface area contributed by atoms with Crippen LogP contribution in [0.25, 0.3) is 0 Å².